The van der Waals surface area contributed by atoms with E-state index in [2.05, 4.69) is 0 Å². The standard InChI is InChI=1S/C23H23ClF4N2O2S/c1-15-12-18(25)19(13-21(15)33-14-23(26,27)28)29-8-10-30(11-9-29)22(32)7-6-20(31)16-2-4-17(24)5-3-16/h2-5,12-13H,6-11,14H2,1H3. The highest BCUT2D eigenvalue weighted by Gasteiger charge is 2.28. The second-order valence-electron chi connectivity index (χ2n) is 7.77. The first-order valence-electron chi connectivity index (χ1n) is 10.3. The third kappa shape index (κ3) is 7.11. The highest BCUT2D eigenvalue weighted by Crippen LogP contribution is 2.34. The summed E-state index contributed by atoms with van der Waals surface area (Å²) >= 11 is 6.45. The minimum atomic E-state index is -4.31. The fourth-order valence-corrected chi connectivity index (χ4v) is 4.48. The number of carbonyl (C=O) groups excluding carboxylic acids is 2. The minimum absolute atomic E-state index is 0.0680. The van der Waals surface area contributed by atoms with E-state index in [-0.39, 0.29) is 30.2 Å². The third-order valence-electron chi connectivity index (χ3n) is 5.34. The summed E-state index contributed by atoms with van der Waals surface area (Å²) in [6.07, 6.45) is -4.17. The highest BCUT2D eigenvalue weighted by atomic mass is 35.5. The Balaban J connectivity index is 1.55. The zero-order valence-electron chi connectivity index (χ0n) is 17.9. The molecule has 33 heavy (non-hydrogen) atoms. The maximum Gasteiger partial charge on any atom is 0.398 e. The van der Waals surface area contributed by atoms with Gasteiger partial charge in [0.25, 0.3) is 0 Å². The molecule has 0 bridgehead atoms. The molecule has 3 rings (SSSR count). The molecule has 0 saturated carbocycles. The number of thioether (sulfide) groups is 1. The Morgan fingerprint density at radius 3 is 2.27 bits per heavy atom. The molecule has 0 aliphatic carbocycles. The molecule has 0 unspecified atom stereocenters. The van der Waals surface area contributed by atoms with Gasteiger partial charge in [-0.05, 0) is 48.9 Å². The zero-order valence-corrected chi connectivity index (χ0v) is 19.5. The number of benzene rings is 2. The Morgan fingerprint density at radius 2 is 1.67 bits per heavy atom. The van der Waals surface area contributed by atoms with E-state index < -0.39 is 17.7 Å². The van der Waals surface area contributed by atoms with Gasteiger partial charge in [0.2, 0.25) is 5.91 Å². The lowest BCUT2D eigenvalue weighted by Crippen LogP contribution is -2.49. The molecule has 4 nitrogen and oxygen atoms in total. The first-order chi connectivity index (χ1) is 15.5. The quantitative estimate of drug-likeness (QED) is 0.274. The molecule has 1 amide bonds. The van der Waals surface area contributed by atoms with Crippen LogP contribution in [0, 0.1) is 12.7 Å². The summed E-state index contributed by atoms with van der Waals surface area (Å²) in [6.45, 7) is 2.95. The van der Waals surface area contributed by atoms with Gasteiger partial charge >= 0.3 is 6.18 Å². The fourth-order valence-electron chi connectivity index (χ4n) is 3.55. The van der Waals surface area contributed by atoms with Crippen molar-refractivity contribution in [3.8, 4) is 0 Å². The maximum absolute atomic E-state index is 14.5. The molecule has 0 aromatic heterocycles. The molecule has 1 saturated heterocycles. The molecular weight excluding hydrogens is 480 g/mol. The molecule has 0 spiro atoms. The lowest BCUT2D eigenvalue weighted by atomic mass is 10.1. The van der Waals surface area contributed by atoms with Crippen molar-refractivity contribution in [2.75, 3.05) is 36.8 Å². The fraction of sp³-hybridized carbons (Fsp3) is 0.391. The second-order valence-corrected chi connectivity index (χ2v) is 9.22. The number of hydrogen-bond donors (Lipinski definition) is 0. The normalized spacial score (nSPS) is 14.5. The van der Waals surface area contributed by atoms with Gasteiger partial charge in [0.15, 0.2) is 5.78 Å². The number of hydrogen-bond acceptors (Lipinski definition) is 4. The Kier molecular flexibility index (Phi) is 8.28. The van der Waals surface area contributed by atoms with E-state index in [0.717, 1.165) is 0 Å². The SMILES string of the molecule is Cc1cc(F)c(N2CCN(C(=O)CCC(=O)c3ccc(Cl)cc3)CC2)cc1SCC(F)(F)F. The number of piperazine rings is 1. The number of rotatable bonds is 7. The Morgan fingerprint density at radius 1 is 1.03 bits per heavy atom. The minimum Gasteiger partial charge on any atom is -0.366 e. The summed E-state index contributed by atoms with van der Waals surface area (Å²) in [5.74, 6) is -1.86. The van der Waals surface area contributed by atoms with Gasteiger partial charge in [-0.2, -0.15) is 13.2 Å². The molecule has 1 fully saturated rings. The van der Waals surface area contributed by atoms with E-state index in [9.17, 15) is 27.2 Å². The number of ketones is 1. The Hall–Kier alpha value is -2.26. The largest absolute Gasteiger partial charge is 0.398 e. The van der Waals surface area contributed by atoms with Crippen LogP contribution >= 0.6 is 23.4 Å². The number of carbonyl (C=O) groups is 2. The zero-order chi connectivity index (χ0) is 24.2. The molecule has 2 aromatic carbocycles. The van der Waals surface area contributed by atoms with Crippen molar-refractivity contribution in [3.05, 3.63) is 58.4 Å². The van der Waals surface area contributed by atoms with E-state index in [0.29, 0.717) is 59.0 Å². The molecule has 0 N–H and O–H groups in total. The van der Waals surface area contributed by atoms with Crippen LogP contribution in [0.3, 0.4) is 0 Å². The van der Waals surface area contributed by atoms with E-state index in [1.165, 1.54) is 12.1 Å². The number of halogens is 5. The van der Waals surface area contributed by atoms with Gasteiger partial charge in [0, 0.05) is 54.5 Å². The van der Waals surface area contributed by atoms with Crippen LogP contribution in [-0.4, -0.2) is 54.7 Å². The Labute approximate surface area is 198 Å². The van der Waals surface area contributed by atoms with Crippen molar-refractivity contribution in [3.63, 3.8) is 0 Å². The van der Waals surface area contributed by atoms with Crippen molar-refractivity contribution < 1.29 is 27.2 Å². The summed E-state index contributed by atoms with van der Waals surface area (Å²) in [5, 5.41) is 0.525. The van der Waals surface area contributed by atoms with Crippen molar-refractivity contribution in [2.24, 2.45) is 0 Å². The maximum atomic E-state index is 14.5. The molecule has 1 aliphatic rings. The topological polar surface area (TPSA) is 40.6 Å². The number of anilines is 1. The second kappa shape index (κ2) is 10.8. The van der Waals surface area contributed by atoms with Crippen LogP contribution in [0.1, 0.15) is 28.8 Å². The third-order valence-corrected chi connectivity index (χ3v) is 6.82. The lowest BCUT2D eigenvalue weighted by Gasteiger charge is -2.36. The monoisotopic (exact) mass is 502 g/mol. The molecule has 178 valence electrons. The van der Waals surface area contributed by atoms with E-state index >= 15 is 0 Å². The van der Waals surface area contributed by atoms with Gasteiger partial charge in [0.05, 0.1) is 11.4 Å². The van der Waals surface area contributed by atoms with Gasteiger partial charge in [-0.25, -0.2) is 4.39 Å². The van der Waals surface area contributed by atoms with Gasteiger partial charge in [-0.1, -0.05) is 11.6 Å². The van der Waals surface area contributed by atoms with Crippen LogP contribution in [0.25, 0.3) is 0 Å². The molecule has 2 aromatic rings. The van der Waals surface area contributed by atoms with Crippen LogP contribution in [0.4, 0.5) is 23.2 Å². The van der Waals surface area contributed by atoms with Crippen LogP contribution in [0.2, 0.25) is 5.02 Å². The summed E-state index contributed by atoms with van der Waals surface area (Å²) in [7, 11) is 0. The summed E-state index contributed by atoms with van der Waals surface area (Å²) in [5.41, 5.74) is 1.17. The van der Waals surface area contributed by atoms with Gasteiger partial charge in [-0.15, -0.1) is 11.8 Å². The van der Waals surface area contributed by atoms with Crippen molar-refractivity contribution in [1.29, 1.82) is 0 Å². The molecule has 1 heterocycles. The first kappa shape index (κ1) is 25.4. The molecular formula is C23H23ClF4N2O2S. The molecule has 10 heteroatoms. The smallest absolute Gasteiger partial charge is 0.366 e. The van der Waals surface area contributed by atoms with Gasteiger partial charge < -0.3 is 9.80 Å². The van der Waals surface area contributed by atoms with Crippen LogP contribution in [0.15, 0.2) is 41.3 Å². The Bertz CT molecular complexity index is 1010. The van der Waals surface area contributed by atoms with Crippen LogP contribution in [0.5, 0.6) is 0 Å². The van der Waals surface area contributed by atoms with Gasteiger partial charge in [0.1, 0.15) is 5.82 Å². The van der Waals surface area contributed by atoms with Gasteiger partial charge in [-0.3, -0.25) is 9.59 Å². The average molecular weight is 503 g/mol. The van der Waals surface area contributed by atoms with Crippen LogP contribution < -0.4 is 4.90 Å². The molecule has 1 aliphatic heterocycles. The summed E-state index contributed by atoms with van der Waals surface area (Å²) in [4.78, 5) is 28.5. The predicted octanol–water partition coefficient (Wildman–Crippen LogP) is 5.75. The summed E-state index contributed by atoms with van der Waals surface area (Å²) < 4.78 is 52.3. The van der Waals surface area contributed by atoms with Crippen molar-refractivity contribution in [2.45, 2.75) is 30.8 Å². The van der Waals surface area contributed by atoms with E-state index in [4.69, 9.17) is 11.6 Å². The number of alkyl halides is 3. The number of nitrogens with zero attached hydrogens (tertiary/aromatic N) is 2. The average Bonchev–Trinajstić information content (AvgIpc) is 2.76. The van der Waals surface area contributed by atoms with Crippen LogP contribution in [-0.2, 0) is 4.79 Å². The number of aryl methyl sites for hydroxylation is 1. The predicted molar refractivity (Wildman–Crippen MR) is 122 cm³/mol. The van der Waals surface area contributed by atoms with E-state index in [1.807, 2.05) is 0 Å². The number of amides is 1. The first-order valence-corrected chi connectivity index (χ1v) is 11.7. The lowest BCUT2D eigenvalue weighted by molar-refractivity contribution is -0.131. The van der Waals surface area contributed by atoms with Crippen molar-refractivity contribution >= 4 is 40.7 Å². The molecule has 0 radical (unpaired) electrons. The van der Waals surface area contributed by atoms with Crippen molar-refractivity contribution in [1.82, 2.24) is 4.90 Å². The highest BCUT2D eigenvalue weighted by molar-refractivity contribution is 7.99. The summed E-state index contributed by atoms with van der Waals surface area (Å²) in [6, 6.07) is 9.16. The number of Topliss-reactive ketones (excluding diaryl/α,β-unsaturated/α-hetero) is 1. The van der Waals surface area contributed by atoms with E-state index in [1.54, 1.807) is 41.0 Å². The molecule has 0 atom stereocenters.